The van der Waals surface area contributed by atoms with Gasteiger partial charge in [-0.2, -0.15) is 11.3 Å². The summed E-state index contributed by atoms with van der Waals surface area (Å²) in [6, 6.07) is 2.18. The van der Waals surface area contributed by atoms with E-state index < -0.39 is 0 Å². The van der Waals surface area contributed by atoms with Gasteiger partial charge in [0.25, 0.3) is 0 Å². The summed E-state index contributed by atoms with van der Waals surface area (Å²) in [6.45, 7) is 2.18. The fourth-order valence-electron chi connectivity index (χ4n) is 1.22. The second-order valence-electron chi connectivity index (χ2n) is 3.06. The van der Waals surface area contributed by atoms with Gasteiger partial charge in [-0.25, -0.2) is 0 Å². The van der Waals surface area contributed by atoms with Crippen molar-refractivity contribution in [3.8, 4) is 0 Å². The third-order valence-electron chi connectivity index (χ3n) is 1.93. The van der Waals surface area contributed by atoms with Crippen molar-refractivity contribution < 1.29 is 0 Å². The largest absolute Gasteiger partial charge is 0.152 e. The van der Waals surface area contributed by atoms with Gasteiger partial charge in [0.05, 0.1) is 0 Å². The highest BCUT2D eigenvalue weighted by molar-refractivity contribution is 7.07. The molecule has 0 fully saturated rings. The molecule has 0 radical (unpaired) electrons. The summed E-state index contributed by atoms with van der Waals surface area (Å²) in [5.74, 6) is 0. The second-order valence-corrected chi connectivity index (χ2v) is 4.45. The molecule has 0 amide bonds. The minimum Gasteiger partial charge on any atom is -0.152 e. The highest BCUT2D eigenvalue weighted by atomic mass is 35.5. The summed E-state index contributed by atoms with van der Waals surface area (Å²) < 4.78 is 0. The maximum Gasteiger partial charge on any atom is 0.0339 e. The van der Waals surface area contributed by atoms with Crippen molar-refractivity contribution in [3.63, 3.8) is 0 Å². The normalized spacial score (nSPS) is 13.2. The van der Waals surface area contributed by atoms with Crippen LogP contribution in [-0.4, -0.2) is 5.38 Å². The molecule has 0 bridgehead atoms. The first-order chi connectivity index (χ1) is 5.83. The van der Waals surface area contributed by atoms with Crippen LogP contribution in [0.1, 0.15) is 31.7 Å². The van der Waals surface area contributed by atoms with Gasteiger partial charge < -0.3 is 0 Å². The van der Waals surface area contributed by atoms with Crippen LogP contribution in [0.4, 0.5) is 0 Å². The van der Waals surface area contributed by atoms with Crippen molar-refractivity contribution in [2.45, 2.75) is 38.0 Å². The molecule has 1 aromatic heterocycles. The van der Waals surface area contributed by atoms with Gasteiger partial charge in [-0.15, -0.1) is 11.6 Å². The van der Waals surface area contributed by atoms with E-state index in [2.05, 4.69) is 23.8 Å². The van der Waals surface area contributed by atoms with Crippen molar-refractivity contribution in [3.05, 3.63) is 22.4 Å². The van der Waals surface area contributed by atoms with E-state index in [9.17, 15) is 0 Å². The Morgan fingerprint density at radius 3 is 2.92 bits per heavy atom. The lowest BCUT2D eigenvalue weighted by Crippen LogP contribution is -1.99. The minimum atomic E-state index is 0.370. The number of rotatable bonds is 5. The quantitative estimate of drug-likeness (QED) is 0.631. The molecule has 0 spiro atoms. The fourth-order valence-corrected chi connectivity index (χ4v) is 2.25. The van der Waals surface area contributed by atoms with E-state index in [4.69, 9.17) is 11.6 Å². The van der Waals surface area contributed by atoms with Crippen LogP contribution in [0.15, 0.2) is 16.8 Å². The number of thiophene rings is 1. The third-order valence-corrected chi connectivity index (χ3v) is 3.10. The molecule has 2 heteroatoms. The first-order valence-corrected chi connectivity index (χ1v) is 5.86. The van der Waals surface area contributed by atoms with Gasteiger partial charge in [-0.1, -0.05) is 13.3 Å². The maximum absolute atomic E-state index is 6.10. The van der Waals surface area contributed by atoms with E-state index in [1.165, 1.54) is 12.0 Å². The van der Waals surface area contributed by atoms with Crippen LogP contribution in [0.5, 0.6) is 0 Å². The zero-order valence-electron chi connectivity index (χ0n) is 7.42. The Labute approximate surface area is 83.6 Å². The monoisotopic (exact) mass is 202 g/mol. The van der Waals surface area contributed by atoms with Gasteiger partial charge in [0, 0.05) is 5.38 Å². The molecule has 0 saturated heterocycles. The Hall–Kier alpha value is -0.0100. The number of halogens is 1. The number of alkyl halides is 1. The number of hydrogen-bond donors (Lipinski definition) is 0. The Morgan fingerprint density at radius 1 is 1.50 bits per heavy atom. The third kappa shape index (κ3) is 3.59. The lowest BCUT2D eigenvalue weighted by molar-refractivity contribution is 0.676. The summed E-state index contributed by atoms with van der Waals surface area (Å²) in [4.78, 5) is 0. The van der Waals surface area contributed by atoms with E-state index in [0.717, 1.165) is 19.3 Å². The molecule has 1 atom stereocenters. The molecule has 0 aliphatic rings. The molecule has 12 heavy (non-hydrogen) atoms. The number of hydrogen-bond acceptors (Lipinski definition) is 1. The summed E-state index contributed by atoms with van der Waals surface area (Å²) in [5, 5.41) is 4.70. The second kappa shape index (κ2) is 5.60. The van der Waals surface area contributed by atoms with Crippen molar-refractivity contribution in [2.75, 3.05) is 0 Å². The maximum atomic E-state index is 6.10. The fraction of sp³-hybridized carbons (Fsp3) is 0.600. The predicted octanol–water partition coefficient (Wildman–Crippen LogP) is 4.09. The van der Waals surface area contributed by atoms with E-state index in [-0.39, 0.29) is 0 Å². The van der Waals surface area contributed by atoms with Crippen molar-refractivity contribution in [1.82, 2.24) is 0 Å². The van der Waals surface area contributed by atoms with Crippen LogP contribution in [-0.2, 0) is 6.42 Å². The minimum absolute atomic E-state index is 0.370. The van der Waals surface area contributed by atoms with Gasteiger partial charge in [-0.05, 0) is 41.7 Å². The lowest BCUT2D eigenvalue weighted by atomic mass is 10.1. The zero-order valence-corrected chi connectivity index (χ0v) is 9.00. The van der Waals surface area contributed by atoms with E-state index in [1.807, 2.05) is 0 Å². The lowest BCUT2D eigenvalue weighted by Gasteiger charge is -2.05. The summed E-state index contributed by atoms with van der Waals surface area (Å²) >= 11 is 7.86. The van der Waals surface area contributed by atoms with Crippen molar-refractivity contribution in [1.29, 1.82) is 0 Å². The molecule has 0 aromatic carbocycles. The smallest absolute Gasteiger partial charge is 0.0339 e. The molecule has 0 nitrogen and oxygen atoms in total. The van der Waals surface area contributed by atoms with E-state index in [1.54, 1.807) is 11.3 Å². The Kier molecular flexibility index (Phi) is 4.70. The SMILES string of the molecule is CCCC(Cl)CCc1ccsc1. The van der Waals surface area contributed by atoms with Crippen LogP contribution in [0, 0.1) is 0 Å². The summed E-state index contributed by atoms with van der Waals surface area (Å²) in [5.41, 5.74) is 1.43. The van der Waals surface area contributed by atoms with Gasteiger partial charge in [0.1, 0.15) is 0 Å². The van der Waals surface area contributed by atoms with Crippen LogP contribution in [0.25, 0.3) is 0 Å². The Balaban J connectivity index is 2.17. The highest BCUT2D eigenvalue weighted by Crippen LogP contribution is 2.15. The van der Waals surface area contributed by atoms with Crippen LogP contribution in [0.3, 0.4) is 0 Å². The van der Waals surface area contributed by atoms with E-state index in [0.29, 0.717) is 5.38 Å². The molecule has 1 rings (SSSR count). The summed E-state index contributed by atoms with van der Waals surface area (Å²) in [6.07, 6.45) is 4.59. The molecule has 1 unspecified atom stereocenters. The topological polar surface area (TPSA) is 0 Å². The molecule has 0 aliphatic heterocycles. The highest BCUT2D eigenvalue weighted by Gasteiger charge is 2.03. The Bertz CT molecular complexity index is 194. The molecular weight excluding hydrogens is 188 g/mol. The van der Waals surface area contributed by atoms with Crippen LogP contribution >= 0.6 is 22.9 Å². The molecule has 0 N–H and O–H groups in total. The molecule has 0 aliphatic carbocycles. The zero-order chi connectivity index (χ0) is 8.81. The van der Waals surface area contributed by atoms with E-state index >= 15 is 0 Å². The van der Waals surface area contributed by atoms with Gasteiger partial charge in [-0.3, -0.25) is 0 Å². The van der Waals surface area contributed by atoms with Crippen molar-refractivity contribution >= 4 is 22.9 Å². The molecule has 68 valence electrons. The van der Waals surface area contributed by atoms with Crippen molar-refractivity contribution in [2.24, 2.45) is 0 Å². The molecule has 0 saturated carbocycles. The average molecular weight is 203 g/mol. The van der Waals surface area contributed by atoms with Gasteiger partial charge >= 0.3 is 0 Å². The predicted molar refractivity (Wildman–Crippen MR) is 57.2 cm³/mol. The Morgan fingerprint density at radius 2 is 2.33 bits per heavy atom. The molecular formula is C10H15ClS. The molecule has 1 aromatic rings. The molecule has 1 heterocycles. The standard InChI is InChI=1S/C10H15ClS/c1-2-3-10(11)5-4-9-6-7-12-8-9/h6-8,10H,2-5H2,1H3. The first-order valence-electron chi connectivity index (χ1n) is 4.48. The van der Waals surface area contributed by atoms with Crippen LogP contribution < -0.4 is 0 Å². The van der Waals surface area contributed by atoms with Gasteiger partial charge in [0.2, 0.25) is 0 Å². The summed E-state index contributed by atoms with van der Waals surface area (Å²) in [7, 11) is 0. The first kappa shape index (κ1) is 10.1. The van der Waals surface area contributed by atoms with Gasteiger partial charge in [0.15, 0.2) is 0 Å². The van der Waals surface area contributed by atoms with Crippen LogP contribution in [0.2, 0.25) is 0 Å². The number of aryl methyl sites for hydroxylation is 1. The average Bonchev–Trinajstić information content (AvgIpc) is 2.53.